The number of fused-ring (bicyclic) bond motifs is 1. The van der Waals surface area contributed by atoms with Crippen LogP contribution in [0.25, 0.3) is 11.0 Å². The smallest absolute Gasteiger partial charge is 0.550 e. The standard InChI is InChI=1S/C20H21N5O6.2K.9H2O/c21-20-24-16-15(18(29)25-20)12(9-22-16)6-3-10-1-4-11(5-2-10)17(28)23-13(19(30)31)7-8-14(26)27;;;;;;;;;;;/h1-2,4-5,9,13H,3,6-8H2,(H,23,28)(H,26,27)(H,30,31)(H4,21,22,24,25,29);;;9*1H2/q;2*+1;;;;;;;;;/p-2/t13-;;;;;;;;;;;/m0.........../s1. The van der Waals surface area contributed by atoms with Crippen molar-refractivity contribution < 1.29 is 177 Å². The zero-order valence-corrected chi connectivity index (χ0v) is 29.0. The Morgan fingerprint density at radius 1 is 0.881 bits per heavy atom. The molecule has 234 valence electrons. The molecule has 0 fully saturated rings. The van der Waals surface area contributed by atoms with Crippen molar-refractivity contribution >= 4 is 34.8 Å². The van der Waals surface area contributed by atoms with Crippen LogP contribution in [-0.4, -0.2) is 88.1 Å². The van der Waals surface area contributed by atoms with Crippen molar-refractivity contribution in [2.24, 2.45) is 0 Å². The summed E-state index contributed by atoms with van der Waals surface area (Å²) in [7, 11) is 0. The average Bonchev–Trinajstić information content (AvgIpc) is 3.12. The quantitative estimate of drug-likeness (QED) is 0.159. The predicted octanol–water partition coefficient (Wildman–Crippen LogP) is -15.4. The number of nitrogens with two attached hydrogens (primary N) is 1. The Balaban J connectivity index is -0.000000141. The molecule has 23 N–H and O–H groups in total. The Morgan fingerprint density at radius 2 is 1.40 bits per heavy atom. The van der Waals surface area contributed by atoms with Crippen molar-refractivity contribution in [3.05, 3.63) is 57.5 Å². The molecule has 42 heavy (non-hydrogen) atoms. The summed E-state index contributed by atoms with van der Waals surface area (Å²) in [6, 6.07) is 5.03. The number of hydrogen-bond donors (Lipinski definition) is 4. The first-order valence-corrected chi connectivity index (χ1v) is 9.41. The maximum absolute atomic E-state index is 12.2. The number of aromatic nitrogens is 3. The van der Waals surface area contributed by atoms with E-state index in [9.17, 15) is 29.4 Å². The summed E-state index contributed by atoms with van der Waals surface area (Å²) >= 11 is 0. The van der Waals surface area contributed by atoms with Gasteiger partial charge in [0.2, 0.25) is 5.95 Å². The summed E-state index contributed by atoms with van der Waals surface area (Å²) < 4.78 is 0. The Hall–Kier alpha value is -1.24. The van der Waals surface area contributed by atoms with Gasteiger partial charge in [-0.1, -0.05) is 12.1 Å². The molecule has 0 aliphatic rings. The van der Waals surface area contributed by atoms with E-state index >= 15 is 0 Å². The van der Waals surface area contributed by atoms with Crippen molar-refractivity contribution in [1.82, 2.24) is 20.3 Å². The first-order valence-electron chi connectivity index (χ1n) is 9.41. The van der Waals surface area contributed by atoms with Gasteiger partial charge >= 0.3 is 103 Å². The molecular formula is C20H37K2N5O15. The molecule has 20 nitrogen and oxygen atoms in total. The molecule has 1 amide bonds. The average molecular weight is 666 g/mol. The summed E-state index contributed by atoms with van der Waals surface area (Å²) in [5.74, 6) is -3.62. The van der Waals surface area contributed by atoms with Gasteiger partial charge in [0.05, 0.1) is 17.4 Å². The molecule has 1 aromatic carbocycles. The third-order valence-corrected chi connectivity index (χ3v) is 4.77. The number of aliphatic carboxylic acids is 2. The number of nitrogens with one attached hydrogen (secondary N) is 3. The van der Waals surface area contributed by atoms with Gasteiger partial charge in [-0.3, -0.25) is 14.6 Å². The molecular weight excluding hydrogens is 628 g/mol. The number of benzene rings is 1. The largest absolute Gasteiger partial charge is 1.00 e. The van der Waals surface area contributed by atoms with E-state index < -0.39 is 30.3 Å². The van der Waals surface area contributed by atoms with E-state index in [1.54, 1.807) is 18.3 Å². The molecule has 3 aromatic rings. The van der Waals surface area contributed by atoms with Gasteiger partial charge in [0, 0.05) is 17.7 Å². The first-order chi connectivity index (χ1) is 14.7. The number of anilines is 1. The van der Waals surface area contributed by atoms with Crippen LogP contribution in [0.3, 0.4) is 0 Å². The minimum Gasteiger partial charge on any atom is -0.550 e. The number of hydrogen-bond acceptors (Lipinski definition) is 8. The van der Waals surface area contributed by atoms with E-state index in [-0.39, 0.29) is 176 Å². The summed E-state index contributed by atoms with van der Waals surface area (Å²) in [6.07, 6.45) is 1.96. The first kappa shape index (κ1) is 63.9. The van der Waals surface area contributed by atoms with Gasteiger partial charge in [0.15, 0.2) is 0 Å². The second-order valence-corrected chi connectivity index (χ2v) is 6.94. The van der Waals surface area contributed by atoms with Gasteiger partial charge in [0.1, 0.15) is 5.65 Å². The number of nitrogen functional groups attached to an aromatic ring is 1. The van der Waals surface area contributed by atoms with Gasteiger partial charge in [-0.05, 0) is 48.9 Å². The van der Waals surface area contributed by atoms with Crippen LogP contribution in [-0.2, 0) is 22.4 Å². The van der Waals surface area contributed by atoms with Crippen LogP contribution in [0.15, 0.2) is 35.3 Å². The number of amides is 1. The fourth-order valence-electron chi connectivity index (χ4n) is 3.17. The van der Waals surface area contributed by atoms with Crippen LogP contribution in [0, 0.1) is 0 Å². The second-order valence-electron chi connectivity index (χ2n) is 6.94. The second kappa shape index (κ2) is 29.8. The van der Waals surface area contributed by atoms with Crippen molar-refractivity contribution in [1.29, 1.82) is 0 Å². The maximum Gasteiger partial charge on any atom is 1.00 e. The topological polar surface area (TPSA) is 480 Å². The van der Waals surface area contributed by atoms with Crippen molar-refractivity contribution in [2.45, 2.75) is 31.7 Å². The predicted molar refractivity (Wildman–Crippen MR) is 138 cm³/mol. The van der Waals surface area contributed by atoms with Crippen LogP contribution < -0.4 is 130 Å². The number of carboxylic acid groups (broad SMARTS) is 2. The third-order valence-electron chi connectivity index (χ3n) is 4.77. The van der Waals surface area contributed by atoms with Crippen LogP contribution in [0.1, 0.15) is 34.3 Å². The summed E-state index contributed by atoms with van der Waals surface area (Å²) in [4.78, 5) is 55.4. The molecule has 0 spiro atoms. The Morgan fingerprint density at radius 3 is 1.88 bits per heavy atom. The molecule has 22 heteroatoms. The fraction of sp³-hybridized carbons (Fsp3) is 0.250. The zero-order valence-electron chi connectivity index (χ0n) is 22.8. The number of nitrogens with zero attached hydrogens (tertiary/aromatic N) is 1. The van der Waals surface area contributed by atoms with E-state index in [2.05, 4.69) is 20.3 Å². The van der Waals surface area contributed by atoms with Crippen molar-refractivity contribution in [2.75, 3.05) is 5.73 Å². The minimum atomic E-state index is -1.57. The van der Waals surface area contributed by atoms with Crippen molar-refractivity contribution in [3.63, 3.8) is 0 Å². The van der Waals surface area contributed by atoms with E-state index in [0.717, 1.165) is 11.1 Å². The molecule has 3 rings (SSSR count). The number of carbonyl (C=O) groups excluding carboxylic acids is 3. The molecule has 0 aliphatic carbocycles. The molecule has 0 saturated heterocycles. The summed E-state index contributed by atoms with van der Waals surface area (Å²) in [5.41, 5.74) is 7.49. The Kier molecular flexibility index (Phi) is 45.4. The van der Waals surface area contributed by atoms with Crippen LogP contribution >= 0.6 is 0 Å². The molecule has 0 saturated carbocycles. The van der Waals surface area contributed by atoms with Crippen LogP contribution in [0.2, 0.25) is 0 Å². The molecule has 0 unspecified atom stereocenters. The Labute approximate surface area is 322 Å². The molecule has 0 aliphatic heterocycles. The minimum absolute atomic E-state index is 0. The number of carbonyl (C=O) groups is 3. The molecule has 2 aromatic heterocycles. The fourth-order valence-corrected chi connectivity index (χ4v) is 3.17. The monoisotopic (exact) mass is 665 g/mol. The van der Waals surface area contributed by atoms with Gasteiger partial charge in [-0.2, -0.15) is 4.98 Å². The summed E-state index contributed by atoms with van der Waals surface area (Å²) in [6.45, 7) is 0. The number of aromatic amines is 2. The van der Waals surface area contributed by atoms with Crippen molar-refractivity contribution in [3.8, 4) is 0 Å². The zero-order chi connectivity index (χ0) is 22.5. The molecule has 0 radical (unpaired) electrons. The SMILES string of the molecule is Nc1nc2[nH]cc(CCc3ccc(C(=O)N[C@@H](CCC(=O)[O-])C(=O)[O-])cc3)c2c(=O)[nH]1.O.O.O.O.O.O.O.O.O.[K+].[K+]. The number of H-pyrrole nitrogens is 2. The number of aryl methyl sites for hydroxylation is 2. The Bertz CT molecular complexity index is 1210. The third kappa shape index (κ3) is 17.8. The van der Waals surface area contributed by atoms with E-state index in [1.807, 2.05) is 0 Å². The maximum atomic E-state index is 12.2. The van der Waals surface area contributed by atoms with Crippen LogP contribution in [0.4, 0.5) is 5.95 Å². The van der Waals surface area contributed by atoms with E-state index in [0.29, 0.717) is 23.9 Å². The van der Waals surface area contributed by atoms with E-state index in [4.69, 9.17) is 5.73 Å². The molecule has 0 bridgehead atoms. The van der Waals surface area contributed by atoms with Gasteiger partial charge in [-0.25, -0.2) is 0 Å². The number of carboxylic acids is 2. The summed E-state index contributed by atoms with van der Waals surface area (Å²) in [5, 5.41) is 24.3. The molecule has 2 heterocycles. The number of rotatable bonds is 9. The molecule has 1 atom stereocenters. The van der Waals surface area contributed by atoms with Gasteiger partial charge in [0.25, 0.3) is 11.5 Å². The van der Waals surface area contributed by atoms with E-state index in [1.165, 1.54) is 12.1 Å². The van der Waals surface area contributed by atoms with Crippen LogP contribution in [0.5, 0.6) is 0 Å². The van der Waals surface area contributed by atoms with Gasteiger partial charge in [-0.15, -0.1) is 0 Å². The van der Waals surface area contributed by atoms with Gasteiger partial charge < -0.3 is 85.1 Å². The normalized spacial score (nSPS) is 8.76.